The molecule has 1 unspecified atom stereocenters. The first-order valence-corrected chi connectivity index (χ1v) is 12.5. The molecule has 8 nitrogen and oxygen atoms in total. The topological polar surface area (TPSA) is 97.6 Å². The van der Waals surface area contributed by atoms with Crippen LogP contribution >= 0.6 is 0 Å². The zero-order valence-electron chi connectivity index (χ0n) is 22.7. The van der Waals surface area contributed by atoms with Crippen LogP contribution in [0.4, 0.5) is 23.7 Å². The lowest BCUT2D eigenvalue weighted by Crippen LogP contribution is -2.49. The van der Waals surface area contributed by atoms with Crippen molar-refractivity contribution in [3.05, 3.63) is 106 Å². The summed E-state index contributed by atoms with van der Waals surface area (Å²) >= 11 is 0. The highest BCUT2D eigenvalue weighted by Gasteiger charge is 2.41. The predicted octanol–water partition coefficient (Wildman–Crippen LogP) is 5.72. The Morgan fingerprint density at radius 2 is 1.78 bits per heavy atom. The van der Waals surface area contributed by atoms with Crippen molar-refractivity contribution >= 4 is 23.4 Å². The van der Waals surface area contributed by atoms with Crippen molar-refractivity contribution in [1.29, 1.82) is 5.26 Å². The number of likely N-dealkylation sites (N-methyl/N-ethyl adjacent to an activating group) is 1. The Morgan fingerprint density at radius 3 is 2.39 bits per heavy atom. The Kier molecular flexibility index (Phi) is 7.96. The summed E-state index contributed by atoms with van der Waals surface area (Å²) in [4.78, 5) is 48.2. The Labute approximate surface area is 234 Å². The van der Waals surface area contributed by atoms with Crippen LogP contribution in [-0.4, -0.2) is 46.6 Å². The van der Waals surface area contributed by atoms with Gasteiger partial charge in [-0.05, 0) is 67.4 Å². The zero-order valence-corrected chi connectivity index (χ0v) is 22.7. The standard InChI is InChI=1S/C30H26F3N5O3/c1-18-26(19(2)39)27(37(4)29(41)38(18)23-7-5-6-22(15-23)30(31,32)33)24-9-8-21(16-34)14-25(24)28(40)36(3)17-20-10-12-35-13-11-20/h5-15,27H,17H2,1-4H3. The monoisotopic (exact) mass is 561 g/mol. The highest BCUT2D eigenvalue weighted by atomic mass is 19.4. The van der Waals surface area contributed by atoms with Gasteiger partial charge in [-0.2, -0.15) is 18.4 Å². The average Bonchev–Trinajstić information content (AvgIpc) is 2.94. The SMILES string of the molecule is CC(=O)C1=C(C)N(c2cccc(C(F)(F)F)c2)C(=O)N(C)C1c1ccc(C#N)cc1C(=O)N(C)Cc1ccncc1. The van der Waals surface area contributed by atoms with E-state index in [2.05, 4.69) is 4.98 Å². The number of amides is 3. The summed E-state index contributed by atoms with van der Waals surface area (Å²) in [5.74, 6) is -0.882. The van der Waals surface area contributed by atoms with Gasteiger partial charge in [-0.3, -0.25) is 19.5 Å². The van der Waals surface area contributed by atoms with Gasteiger partial charge in [-0.25, -0.2) is 4.79 Å². The number of aromatic nitrogens is 1. The van der Waals surface area contributed by atoms with Crippen molar-refractivity contribution in [1.82, 2.24) is 14.8 Å². The summed E-state index contributed by atoms with van der Waals surface area (Å²) in [6.07, 6.45) is -1.44. The molecular formula is C30H26F3N5O3. The molecular weight excluding hydrogens is 535 g/mol. The van der Waals surface area contributed by atoms with Crippen LogP contribution in [0.25, 0.3) is 0 Å². The maximum absolute atomic E-state index is 13.7. The number of benzene rings is 2. The van der Waals surface area contributed by atoms with E-state index in [0.717, 1.165) is 22.6 Å². The van der Waals surface area contributed by atoms with Gasteiger partial charge >= 0.3 is 12.2 Å². The molecule has 0 N–H and O–H groups in total. The number of ketones is 1. The number of urea groups is 1. The molecule has 0 fully saturated rings. The number of anilines is 1. The third kappa shape index (κ3) is 5.68. The van der Waals surface area contributed by atoms with E-state index < -0.39 is 35.5 Å². The average molecular weight is 562 g/mol. The molecule has 3 amide bonds. The van der Waals surface area contributed by atoms with Gasteiger partial charge in [-0.1, -0.05) is 12.1 Å². The van der Waals surface area contributed by atoms with Crippen LogP contribution in [0.3, 0.4) is 0 Å². The lowest BCUT2D eigenvalue weighted by atomic mass is 9.87. The minimum absolute atomic E-state index is 0.0559. The molecule has 41 heavy (non-hydrogen) atoms. The molecule has 210 valence electrons. The molecule has 2 heterocycles. The lowest BCUT2D eigenvalue weighted by Gasteiger charge is -2.42. The van der Waals surface area contributed by atoms with Crippen LogP contribution in [0.5, 0.6) is 0 Å². The Hall–Kier alpha value is -4.98. The number of hydrogen-bond donors (Lipinski definition) is 0. The quantitative estimate of drug-likeness (QED) is 0.384. The number of nitriles is 1. The molecule has 11 heteroatoms. The van der Waals surface area contributed by atoms with Gasteiger partial charge < -0.3 is 9.80 Å². The van der Waals surface area contributed by atoms with E-state index in [9.17, 15) is 32.8 Å². The highest BCUT2D eigenvalue weighted by Crippen LogP contribution is 2.41. The van der Waals surface area contributed by atoms with E-state index in [1.807, 2.05) is 6.07 Å². The predicted molar refractivity (Wildman–Crippen MR) is 144 cm³/mol. The molecule has 4 rings (SSSR count). The summed E-state index contributed by atoms with van der Waals surface area (Å²) < 4.78 is 40.3. The van der Waals surface area contributed by atoms with Crippen LogP contribution in [0.1, 0.15) is 52.5 Å². The smallest absolute Gasteiger partial charge is 0.337 e. The molecule has 3 aromatic rings. The number of rotatable bonds is 6. The summed E-state index contributed by atoms with van der Waals surface area (Å²) in [7, 11) is 3.00. The minimum atomic E-state index is -4.63. The number of allylic oxidation sites excluding steroid dienone is 1. The molecule has 1 atom stereocenters. The van der Waals surface area contributed by atoms with E-state index in [0.29, 0.717) is 5.56 Å². The van der Waals surface area contributed by atoms with Crippen molar-refractivity contribution < 1.29 is 27.6 Å². The van der Waals surface area contributed by atoms with Gasteiger partial charge in [0.2, 0.25) is 0 Å². The summed E-state index contributed by atoms with van der Waals surface area (Å²) in [6, 6.07) is 12.5. The van der Waals surface area contributed by atoms with Crippen molar-refractivity contribution in [3.63, 3.8) is 0 Å². The molecule has 1 aliphatic rings. The van der Waals surface area contributed by atoms with Crippen molar-refractivity contribution in [3.8, 4) is 6.07 Å². The molecule has 0 saturated heterocycles. The third-order valence-corrected chi connectivity index (χ3v) is 6.91. The molecule has 1 aromatic heterocycles. The lowest BCUT2D eigenvalue weighted by molar-refractivity contribution is -0.137. The number of alkyl halides is 3. The summed E-state index contributed by atoms with van der Waals surface area (Å²) in [6.45, 7) is 3.00. The largest absolute Gasteiger partial charge is 0.416 e. The summed E-state index contributed by atoms with van der Waals surface area (Å²) in [5, 5.41) is 9.54. The fourth-order valence-corrected chi connectivity index (χ4v) is 4.95. The number of pyridine rings is 1. The Morgan fingerprint density at radius 1 is 1.10 bits per heavy atom. The second-order valence-corrected chi connectivity index (χ2v) is 9.67. The Balaban J connectivity index is 1.85. The number of carbonyl (C=O) groups excluding carboxylic acids is 3. The second-order valence-electron chi connectivity index (χ2n) is 9.67. The zero-order chi connectivity index (χ0) is 30.1. The number of halogens is 3. The van der Waals surface area contributed by atoms with Gasteiger partial charge in [0.25, 0.3) is 5.91 Å². The number of carbonyl (C=O) groups is 3. The van der Waals surface area contributed by atoms with Crippen molar-refractivity contribution in [2.75, 3.05) is 19.0 Å². The van der Waals surface area contributed by atoms with Gasteiger partial charge in [-0.15, -0.1) is 0 Å². The van der Waals surface area contributed by atoms with Gasteiger partial charge in [0.15, 0.2) is 5.78 Å². The molecule has 2 aromatic carbocycles. The molecule has 0 bridgehead atoms. The molecule has 0 aliphatic carbocycles. The summed E-state index contributed by atoms with van der Waals surface area (Å²) in [5.41, 5.74) is 0.703. The molecule has 0 saturated carbocycles. The first-order chi connectivity index (χ1) is 19.3. The van der Waals surface area contributed by atoms with Crippen LogP contribution in [0, 0.1) is 11.3 Å². The third-order valence-electron chi connectivity index (χ3n) is 6.91. The fraction of sp³-hybridized carbons (Fsp3) is 0.233. The number of Topliss-reactive ketones (excluding diaryl/α,β-unsaturated/α-hetero) is 1. The van der Waals surface area contributed by atoms with E-state index in [1.165, 1.54) is 61.0 Å². The maximum Gasteiger partial charge on any atom is 0.416 e. The highest BCUT2D eigenvalue weighted by molar-refractivity contribution is 6.06. The number of hydrogen-bond acceptors (Lipinski definition) is 5. The fourth-order valence-electron chi connectivity index (χ4n) is 4.95. The van der Waals surface area contributed by atoms with E-state index in [4.69, 9.17) is 0 Å². The van der Waals surface area contributed by atoms with Crippen LogP contribution in [-0.2, 0) is 17.5 Å². The first-order valence-electron chi connectivity index (χ1n) is 12.5. The van der Waals surface area contributed by atoms with Crippen LogP contribution in [0.15, 0.2) is 78.3 Å². The van der Waals surface area contributed by atoms with Crippen molar-refractivity contribution in [2.45, 2.75) is 32.6 Å². The molecule has 1 aliphatic heterocycles. The van der Waals surface area contributed by atoms with Crippen molar-refractivity contribution in [2.24, 2.45) is 0 Å². The van der Waals surface area contributed by atoms with E-state index >= 15 is 0 Å². The van der Waals surface area contributed by atoms with Crippen LogP contribution in [0.2, 0.25) is 0 Å². The Bertz CT molecular complexity index is 1590. The molecule has 0 radical (unpaired) electrons. The molecule has 0 spiro atoms. The van der Waals surface area contributed by atoms with Gasteiger partial charge in [0.1, 0.15) is 0 Å². The van der Waals surface area contributed by atoms with Gasteiger partial charge in [0, 0.05) is 49.9 Å². The van der Waals surface area contributed by atoms with Crippen LogP contribution < -0.4 is 4.90 Å². The normalized spacial score (nSPS) is 15.6. The van der Waals surface area contributed by atoms with Gasteiger partial charge in [0.05, 0.1) is 28.9 Å². The van der Waals surface area contributed by atoms with E-state index in [-0.39, 0.29) is 34.6 Å². The first kappa shape index (κ1) is 29.0. The van der Waals surface area contributed by atoms with E-state index in [1.54, 1.807) is 31.6 Å². The minimum Gasteiger partial charge on any atom is -0.337 e. The number of nitrogens with zero attached hydrogens (tertiary/aromatic N) is 5. The second kappa shape index (κ2) is 11.3. The maximum atomic E-state index is 13.7.